The molecule has 0 bridgehead atoms. The second-order valence-corrected chi connectivity index (χ2v) is 5.22. The molecule has 0 spiro atoms. The molecule has 3 N–H and O–H groups in total. The SMILES string of the molecule is C/C=C\C(N)=C(/CC)SNCC1CCOCC1.CC. The van der Waals surface area contributed by atoms with Gasteiger partial charge in [0.25, 0.3) is 0 Å². The van der Waals surface area contributed by atoms with Crippen molar-refractivity contribution in [3.05, 3.63) is 22.8 Å². The lowest BCUT2D eigenvalue weighted by Crippen LogP contribution is -2.24. The average Bonchev–Trinajstić information content (AvgIpc) is 2.47. The summed E-state index contributed by atoms with van der Waals surface area (Å²) < 4.78 is 8.78. The van der Waals surface area contributed by atoms with Crippen molar-refractivity contribution in [2.75, 3.05) is 19.8 Å². The summed E-state index contributed by atoms with van der Waals surface area (Å²) in [5.41, 5.74) is 6.84. The van der Waals surface area contributed by atoms with E-state index >= 15 is 0 Å². The summed E-state index contributed by atoms with van der Waals surface area (Å²) in [4.78, 5) is 1.22. The van der Waals surface area contributed by atoms with Crippen molar-refractivity contribution in [1.82, 2.24) is 4.72 Å². The minimum atomic E-state index is 0.747. The summed E-state index contributed by atoms with van der Waals surface area (Å²) in [6.45, 7) is 11.0. The molecule has 0 aromatic carbocycles. The standard InChI is InChI=1S/C13H24N2OS.C2H6/c1-3-5-12(14)13(4-2)17-15-10-11-6-8-16-9-7-11;1-2/h3,5,11,15H,4,6-10,14H2,1-2H3;1-2H3/b5-3-,13-12-;. The lowest BCUT2D eigenvalue weighted by molar-refractivity contribution is 0.0680. The molecule has 0 radical (unpaired) electrons. The van der Waals surface area contributed by atoms with Crippen LogP contribution in [0, 0.1) is 5.92 Å². The summed E-state index contributed by atoms with van der Waals surface area (Å²) in [5, 5.41) is 0. The zero-order chi connectivity index (χ0) is 14.5. The highest BCUT2D eigenvalue weighted by Crippen LogP contribution is 2.20. The van der Waals surface area contributed by atoms with Gasteiger partial charge in [-0.05, 0) is 50.1 Å². The van der Waals surface area contributed by atoms with Crippen LogP contribution in [-0.2, 0) is 4.74 Å². The highest BCUT2D eigenvalue weighted by atomic mass is 32.2. The molecule has 3 nitrogen and oxygen atoms in total. The second kappa shape index (κ2) is 12.6. The van der Waals surface area contributed by atoms with Crippen molar-refractivity contribution in [3.8, 4) is 0 Å². The van der Waals surface area contributed by atoms with Crippen LogP contribution in [0.1, 0.15) is 47.0 Å². The van der Waals surface area contributed by atoms with E-state index in [0.29, 0.717) is 0 Å². The van der Waals surface area contributed by atoms with E-state index in [0.717, 1.165) is 37.8 Å². The van der Waals surface area contributed by atoms with Crippen LogP contribution < -0.4 is 10.5 Å². The van der Waals surface area contributed by atoms with E-state index in [4.69, 9.17) is 10.5 Å². The van der Waals surface area contributed by atoms with Crippen molar-refractivity contribution in [2.45, 2.75) is 47.0 Å². The molecule has 1 aliphatic heterocycles. The molecule has 112 valence electrons. The third kappa shape index (κ3) is 8.35. The number of hydrogen-bond donors (Lipinski definition) is 2. The fraction of sp³-hybridized carbons (Fsp3) is 0.733. The second-order valence-electron chi connectivity index (χ2n) is 4.24. The molecule has 1 rings (SSSR count). The first-order valence-corrected chi connectivity index (χ1v) is 8.18. The van der Waals surface area contributed by atoms with Gasteiger partial charge in [0.2, 0.25) is 0 Å². The fourth-order valence-corrected chi connectivity index (χ4v) is 2.63. The third-order valence-electron chi connectivity index (χ3n) is 2.90. The number of nitrogens with two attached hydrogens (primary N) is 1. The van der Waals surface area contributed by atoms with Crippen LogP contribution in [0.15, 0.2) is 22.8 Å². The maximum absolute atomic E-state index is 5.97. The molecule has 19 heavy (non-hydrogen) atoms. The van der Waals surface area contributed by atoms with E-state index in [1.165, 1.54) is 17.7 Å². The van der Waals surface area contributed by atoms with Gasteiger partial charge < -0.3 is 10.5 Å². The highest BCUT2D eigenvalue weighted by molar-refractivity contribution is 8.01. The average molecular weight is 286 g/mol. The minimum Gasteiger partial charge on any atom is -0.398 e. The van der Waals surface area contributed by atoms with Crippen LogP contribution in [0.5, 0.6) is 0 Å². The molecule has 0 aromatic rings. The van der Waals surface area contributed by atoms with Crippen LogP contribution in [0.4, 0.5) is 0 Å². The van der Waals surface area contributed by atoms with Gasteiger partial charge in [0.1, 0.15) is 0 Å². The fourth-order valence-electron chi connectivity index (χ4n) is 1.80. The van der Waals surface area contributed by atoms with Gasteiger partial charge in [-0.3, -0.25) is 4.72 Å². The maximum atomic E-state index is 5.97. The summed E-state index contributed by atoms with van der Waals surface area (Å²) in [6, 6.07) is 0. The van der Waals surface area contributed by atoms with Gasteiger partial charge in [-0.15, -0.1) is 0 Å². The first-order chi connectivity index (χ1) is 9.27. The number of nitrogens with one attached hydrogen (secondary N) is 1. The molecular formula is C15H30N2OS. The molecule has 0 unspecified atom stereocenters. The van der Waals surface area contributed by atoms with Crippen LogP contribution in [0.2, 0.25) is 0 Å². The van der Waals surface area contributed by atoms with Crippen molar-refractivity contribution in [2.24, 2.45) is 11.7 Å². The Morgan fingerprint density at radius 1 is 1.37 bits per heavy atom. The molecule has 1 fully saturated rings. The van der Waals surface area contributed by atoms with Gasteiger partial charge >= 0.3 is 0 Å². The van der Waals surface area contributed by atoms with Crippen LogP contribution in [0.25, 0.3) is 0 Å². The van der Waals surface area contributed by atoms with Gasteiger partial charge in [0.15, 0.2) is 0 Å². The molecule has 0 atom stereocenters. The quantitative estimate of drug-likeness (QED) is 0.575. The summed E-state index contributed by atoms with van der Waals surface area (Å²) in [6.07, 6.45) is 7.25. The Morgan fingerprint density at radius 3 is 2.53 bits per heavy atom. The molecular weight excluding hydrogens is 256 g/mol. The molecule has 4 heteroatoms. The molecule has 0 saturated carbocycles. The third-order valence-corrected chi connectivity index (χ3v) is 3.98. The van der Waals surface area contributed by atoms with Crippen molar-refractivity contribution in [3.63, 3.8) is 0 Å². The van der Waals surface area contributed by atoms with Crippen molar-refractivity contribution < 1.29 is 4.74 Å². The lowest BCUT2D eigenvalue weighted by Gasteiger charge is -2.22. The zero-order valence-corrected chi connectivity index (χ0v) is 13.7. The zero-order valence-electron chi connectivity index (χ0n) is 12.9. The largest absolute Gasteiger partial charge is 0.398 e. The van der Waals surface area contributed by atoms with Crippen LogP contribution >= 0.6 is 11.9 Å². The Labute approximate surface area is 123 Å². The van der Waals surface area contributed by atoms with E-state index in [2.05, 4.69) is 11.6 Å². The number of ether oxygens (including phenoxy) is 1. The molecule has 0 amide bonds. The van der Waals surface area contributed by atoms with E-state index in [1.807, 2.05) is 32.9 Å². The van der Waals surface area contributed by atoms with Crippen molar-refractivity contribution in [1.29, 1.82) is 0 Å². The summed E-state index contributed by atoms with van der Waals surface area (Å²) in [7, 11) is 0. The molecule has 0 aliphatic carbocycles. The Morgan fingerprint density at radius 2 is 2.00 bits per heavy atom. The van der Waals surface area contributed by atoms with Gasteiger partial charge in [-0.1, -0.05) is 26.8 Å². The Balaban J connectivity index is 0.00000154. The van der Waals surface area contributed by atoms with Gasteiger partial charge in [-0.2, -0.15) is 0 Å². The monoisotopic (exact) mass is 286 g/mol. The molecule has 1 heterocycles. The van der Waals surface area contributed by atoms with E-state index in [-0.39, 0.29) is 0 Å². The predicted molar refractivity (Wildman–Crippen MR) is 86.8 cm³/mol. The first kappa shape index (κ1) is 18.6. The Hall–Kier alpha value is -0.450. The van der Waals surface area contributed by atoms with Gasteiger partial charge in [-0.25, -0.2) is 0 Å². The highest BCUT2D eigenvalue weighted by Gasteiger charge is 2.13. The van der Waals surface area contributed by atoms with E-state index < -0.39 is 0 Å². The normalized spacial score (nSPS) is 17.9. The summed E-state index contributed by atoms with van der Waals surface area (Å²) in [5.74, 6) is 0.747. The van der Waals surface area contributed by atoms with Gasteiger partial charge in [0, 0.05) is 30.4 Å². The van der Waals surface area contributed by atoms with Gasteiger partial charge in [0.05, 0.1) is 0 Å². The van der Waals surface area contributed by atoms with Crippen molar-refractivity contribution >= 4 is 11.9 Å². The predicted octanol–water partition coefficient (Wildman–Crippen LogP) is 3.83. The molecule has 1 saturated heterocycles. The molecule has 0 aromatic heterocycles. The topological polar surface area (TPSA) is 47.3 Å². The smallest absolute Gasteiger partial charge is 0.0469 e. The number of allylic oxidation sites excluding steroid dienone is 3. The first-order valence-electron chi connectivity index (χ1n) is 7.36. The number of hydrogen-bond acceptors (Lipinski definition) is 4. The number of rotatable bonds is 6. The minimum absolute atomic E-state index is 0.747. The van der Waals surface area contributed by atoms with E-state index in [1.54, 1.807) is 11.9 Å². The Kier molecular flexibility index (Phi) is 12.3. The van der Waals surface area contributed by atoms with E-state index in [9.17, 15) is 0 Å². The molecule has 1 aliphatic rings. The van der Waals surface area contributed by atoms with Crippen LogP contribution in [-0.4, -0.2) is 19.8 Å². The van der Waals surface area contributed by atoms with Crippen LogP contribution in [0.3, 0.4) is 0 Å². The Bertz CT molecular complexity index is 271. The maximum Gasteiger partial charge on any atom is 0.0469 e. The summed E-state index contributed by atoms with van der Waals surface area (Å²) >= 11 is 1.68. The lowest BCUT2D eigenvalue weighted by atomic mass is 10.0.